The van der Waals surface area contributed by atoms with Crippen molar-refractivity contribution in [3.63, 3.8) is 0 Å². The van der Waals surface area contributed by atoms with Crippen molar-refractivity contribution in [3.05, 3.63) is 11.8 Å². The van der Waals surface area contributed by atoms with Gasteiger partial charge in [0.25, 0.3) is 0 Å². The highest BCUT2D eigenvalue weighted by Crippen LogP contribution is 2.19. The molecule has 0 saturated carbocycles. The Labute approximate surface area is 105 Å². The Balaban J connectivity index is 2.35. The Kier molecular flexibility index (Phi) is 5.50. The molecule has 17 heavy (non-hydrogen) atoms. The molecule has 0 spiro atoms. The minimum absolute atomic E-state index is 0.0394. The monoisotopic (exact) mass is 258 g/mol. The van der Waals surface area contributed by atoms with Crippen LogP contribution in [0.3, 0.4) is 0 Å². The zero-order chi connectivity index (χ0) is 12.8. The van der Waals surface area contributed by atoms with Gasteiger partial charge < -0.3 is 9.84 Å². The Bertz CT molecular complexity index is 379. The summed E-state index contributed by atoms with van der Waals surface area (Å²) in [6.07, 6.45) is -0.647. The van der Waals surface area contributed by atoms with E-state index in [4.69, 9.17) is 4.74 Å². The SMILES string of the molecule is CCOC(=O)CC(O)CSc1cc(C)nn1C. The lowest BCUT2D eigenvalue weighted by Gasteiger charge is -2.09. The second kappa shape index (κ2) is 6.66. The van der Waals surface area contributed by atoms with E-state index < -0.39 is 6.10 Å². The number of thioether (sulfide) groups is 1. The molecule has 96 valence electrons. The van der Waals surface area contributed by atoms with Crippen molar-refractivity contribution in [1.82, 2.24) is 9.78 Å². The van der Waals surface area contributed by atoms with Crippen molar-refractivity contribution in [2.45, 2.75) is 31.4 Å². The van der Waals surface area contributed by atoms with Gasteiger partial charge in [-0.25, -0.2) is 0 Å². The second-order valence-electron chi connectivity index (χ2n) is 3.72. The largest absolute Gasteiger partial charge is 0.466 e. The molecule has 0 aliphatic heterocycles. The van der Waals surface area contributed by atoms with Crippen molar-refractivity contribution in [2.75, 3.05) is 12.4 Å². The molecular weight excluding hydrogens is 240 g/mol. The number of aliphatic hydroxyl groups excluding tert-OH is 1. The van der Waals surface area contributed by atoms with Crippen LogP contribution in [0.2, 0.25) is 0 Å². The van der Waals surface area contributed by atoms with Crippen molar-refractivity contribution in [1.29, 1.82) is 0 Å². The molecule has 1 atom stereocenters. The molecule has 1 aromatic rings. The molecule has 0 amide bonds. The smallest absolute Gasteiger partial charge is 0.308 e. The van der Waals surface area contributed by atoms with Crippen molar-refractivity contribution in [2.24, 2.45) is 7.05 Å². The maximum atomic E-state index is 11.1. The summed E-state index contributed by atoms with van der Waals surface area (Å²) in [6.45, 7) is 4.01. The van der Waals surface area contributed by atoms with E-state index in [9.17, 15) is 9.90 Å². The summed E-state index contributed by atoms with van der Waals surface area (Å²) in [4.78, 5) is 11.1. The summed E-state index contributed by atoms with van der Waals surface area (Å²) < 4.78 is 6.53. The number of ether oxygens (including phenoxy) is 1. The molecule has 0 bridgehead atoms. The van der Waals surface area contributed by atoms with Gasteiger partial charge in [-0.05, 0) is 19.9 Å². The molecule has 6 heteroatoms. The van der Waals surface area contributed by atoms with E-state index in [-0.39, 0.29) is 12.4 Å². The van der Waals surface area contributed by atoms with Crippen LogP contribution < -0.4 is 0 Å². The molecule has 0 saturated heterocycles. The maximum Gasteiger partial charge on any atom is 0.308 e. The third kappa shape index (κ3) is 4.79. The summed E-state index contributed by atoms with van der Waals surface area (Å²) in [7, 11) is 1.85. The maximum absolute atomic E-state index is 11.1. The van der Waals surface area contributed by atoms with E-state index >= 15 is 0 Å². The average Bonchev–Trinajstić information content (AvgIpc) is 2.54. The standard InChI is InChI=1S/C11H18N2O3S/c1-4-16-11(15)6-9(14)7-17-10-5-8(2)12-13(10)3/h5,9,14H,4,6-7H2,1-3H3. The number of carbonyl (C=O) groups is 1. The van der Waals surface area contributed by atoms with Crippen LogP contribution in [0, 0.1) is 6.92 Å². The molecule has 5 nitrogen and oxygen atoms in total. The summed E-state index contributed by atoms with van der Waals surface area (Å²) in [5, 5.41) is 14.8. The molecule has 1 aromatic heterocycles. The van der Waals surface area contributed by atoms with E-state index in [1.54, 1.807) is 11.6 Å². The second-order valence-corrected chi connectivity index (χ2v) is 4.76. The highest BCUT2D eigenvalue weighted by molar-refractivity contribution is 7.99. The summed E-state index contributed by atoms with van der Waals surface area (Å²) in [5.74, 6) is 0.0967. The van der Waals surface area contributed by atoms with Gasteiger partial charge >= 0.3 is 5.97 Å². The number of aryl methyl sites for hydroxylation is 2. The zero-order valence-electron chi connectivity index (χ0n) is 10.3. The van der Waals surface area contributed by atoms with Crippen LogP contribution in [-0.4, -0.2) is 39.3 Å². The highest BCUT2D eigenvalue weighted by Gasteiger charge is 2.13. The summed E-state index contributed by atoms with van der Waals surface area (Å²) in [6, 6.07) is 1.95. The first-order valence-corrected chi connectivity index (χ1v) is 6.48. The minimum Gasteiger partial charge on any atom is -0.466 e. The van der Waals surface area contributed by atoms with Crippen LogP contribution in [0.4, 0.5) is 0 Å². The highest BCUT2D eigenvalue weighted by atomic mass is 32.2. The lowest BCUT2D eigenvalue weighted by Crippen LogP contribution is -2.18. The van der Waals surface area contributed by atoms with E-state index in [0.717, 1.165) is 10.7 Å². The first kappa shape index (κ1) is 14.1. The number of nitrogens with zero attached hydrogens (tertiary/aromatic N) is 2. The lowest BCUT2D eigenvalue weighted by molar-refractivity contribution is -0.144. The molecule has 0 radical (unpaired) electrons. The Morgan fingerprint density at radius 3 is 2.94 bits per heavy atom. The predicted molar refractivity (Wildman–Crippen MR) is 65.9 cm³/mol. The van der Waals surface area contributed by atoms with Crippen LogP contribution in [0.25, 0.3) is 0 Å². The van der Waals surface area contributed by atoms with Gasteiger partial charge in [0.15, 0.2) is 0 Å². The van der Waals surface area contributed by atoms with E-state index in [2.05, 4.69) is 5.10 Å². The molecule has 0 aliphatic carbocycles. The van der Waals surface area contributed by atoms with Crippen molar-refractivity contribution in [3.8, 4) is 0 Å². The number of aromatic nitrogens is 2. The summed E-state index contributed by atoms with van der Waals surface area (Å²) >= 11 is 1.48. The number of aliphatic hydroxyl groups is 1. The normalized spacial score (nSPS) is 12.5. The molecular formula is C11H18N2O3S. The first-order valence-electron chi connectivity index (χ1n) is 5.50. The minimum atomic E-state index is -0.686. The molecule has 1 rings (SSSR count). The van der Waals surface area contributed by atoms with Crippen molar-refractivity contribution >= 4 is 17.7 Å². The number of rotatable bonds is 6. The lowest BCUT2D eigenvalue weighted by atomic mass is 10.3. The van der Waals surface area contributed by atoms with Crippen LogP contribution in [-0.2, 0) is 16.6 Å². The molecule has 0 aliphatic rings. The van der Waals surface area contributed by atoms with Gasteiger partial charge in [0.1, 0.15) is 0 Å². The topological polar surface area (TPSA) is 64.3 Å². The van der Waals surface area contributed by atoms with Gasteiger partial charge in [0.05, 0.1) is 29.9 Å². The van der Waals surface area contributed by atoms with Crippen LogP contribution in [0.15, 0.2) is 11.1 Å². The first-order chi connectivity index (χ1) is 8.02. The Morgan fingerprint density at radius 1 is 1.71 bits per heavy atom. The average molecular weight is 258 g/mol. The molecule has 1 heterocycles. The summed E-state index contributed by atoms with van der Waals surface area (Å²) in [5.41, 5.74) is 0.940. The molecule has 0 aromatic carbocycles. The molecule has 1 unspecified atom stereocenters. The third-order valence-corrected chi connectivity index (χ3v) is 3.32. The van der Waals surface area contributed by atoms with Gasteiger partial charge in [-0.2, -0.15) is 5.10 Å². The fourth-order valence-corrected chi connectivity index (χ4v) is 2.34. The fourth-order valence-electron chi connectivity index (χ4n) is 1.37. The van der Waals surface area contributed by atoms with Gasteiger partial charge in [-0.3, -0.25) is 9.48 Å². The van der Waals surface area contributed by atoms with Crippen LogP contribution in [0.5, 0.6) is 0 Å². The van der Waals surface area contributed by atoms with E-state index in [0.29, 0.717) is 12.4 Å². The van der Waals surface area contributed by atoms with E-state index in [1.165, 1.54) is 11.8 Å². The zero-order valence-corrected chi connectivity index (χ0v) is 11.2. The Morgan fingerprint density at radius 2 is 2.41 bits per heavy atom. The van der Waals surface area contributed by atoms with Crippen molar-refractivity contribution < 1.29 is 14.6 Å². The van der Waals surface area contributed by atoms with Gasteiger partial charge in [0, 0.05) is 12.8 Å². The molecule has 1 N–H and O–H groups in total. The van der Waals surface area contributed by atoms with Crippen LogP contribution in [0.1, 0.15) is 19.0 Å². The van der Waals surface area contributed by atoms with E-state index in [1.807, 2.05) is 20.0 Å². The number of hydrogen-bond acceptors (Lipinski definition) is 5. The fraction of sp³-hybridized carbons (Fsp3) is 0.636. The number of esters is 1. The van der Waals surface area contributed by atoms with Gasteiger partial charge in [0.2, 0.25) is 0 Å². The van der Waals surface area contributed by atoms with Crippen LogP contribution >= 0.6 is 11.8 Å². The quantitative estimate of drug-likeness (QED) is 0.612. The Hall–Kier alpha value is -1.01. The predicted octanol–water partition coefficient (Wildman–Crippen LogP) is 1.13. The number of hydrogen-bond donors (Lipinski definition) is 1. The third-order valence-electron chi connectivity index (χ3n) is 2.09. The van der Waals surface area contributed by atoms with Gasteiger partial charge in [-0.15, -0.1) is 11.8 Å². The number of carbonyl (C=O) groups excluding carboxylic acids is 1. The molecule has 0 fully saturated rings. The van der Waals surface area contributed by atoms with Gasteiger partial charge in [-0.1, -0.05) is 0 Å².